The van der Waals surface area contributed by atoms with Crippen LogP contribution in [0.15, 0.2) is 23.4 Å². The average Bonchev–Trinajstić information content (AvgIpc) is 2.54. The van der Waals surface area contributed by atoms with Crippen LogP contribution >= 0.6 is 11.8 Å². The molecule has 0 aromatic carbocycles. The first-order valence-corrected chi connectivity index (χ1v) is 8.26. The molecule has 0 saturated carbocycles. The molecule has 0 radical (unpaired) electrons. The number of amides is 1. The van der Waals surface area contributed by atoms with E-state index in [2.05, 4.69) is 4.98 Å². The van der Waals surface area contributed by atoms with E-state index < -0.39 is 0 Å². The van der Waals surface area contributed by atoms with E-state index in [1.165, 1.54) is 18.9 Å². The molecule has 5 nitrogen and oxygen atoms in total. The standard InChI is InChI=1S/C15H20N2O3S/c1-20-13(18)10-11-6-3-4-9-17(11)15(19)12-7-5-8-16-14(12)21-2/h5,7-8,11H,3-4,6,9-10H2,1-2H3. The van der Waals surface area contributed by atoms with Gasteiger partial charge >= 0.3 is 5.97 Å². The maximum Gasteiger partial charge on any atom is 0.307 e. The summed E-state index contributed by atoms with van der Waals surface area (Å²) in [6.45, 7) is 0.684. The third-order valence-corrected chi connectivity index (χ3v) is 4.42. The van der Waals surface area contributed by atoms with Crippen LogP contribution in [0.25, 0.3) is 0 Å². The molecule has 114 valence electrons. The highest BCUT2D eigenvalue weighted by Crippen LogP contribution is 2.25. The molecule has 1 saturated heterocycles. The number of carbonyl (C=O) groups excluding carboxylic acids is 2. The normalized spacial score (nSPS) is 18.4. The zero-order valence-electron chi connectivity index (χ0n) is 12.4. The summed E-state index contributed by atoms with van der Waals surface area (Å²) in [6, 6.07) is 3.49. The van der Waals surface area contributed by atoms with Crippen LogP contribution in [0.3, 0.4) is 0 Å². The van der Waals surface area contributed by atoms with Crippen molar-refractivity contribution in [1.29, 1.82) is 0 Å². The molecule has 0 N–H and O–H groups in total. The molecule has 2 heterocycles. The minimum Gasteiger partial charge on any atom is -0.469 e. The van der Waals surface area contributed by atoms with Crippen molar-refractivity contribution in [2.75, 3.05) is 19.9 Å². The van der Waals surface area contributed by atoms with Gasteiger partial charge in [0.2, 0.25) is 0 Å². The average molecular weight is 308 g/mol. The van der Waals surface area contributed by atoms with Crippen LogP contribution in [0.1, 0.15) is 36.0 Å². The number of piperidine rings is 1. The molecule has 1 fully saturated rings. The third-order valence-electron chi connectivity index (χ3n) is 3.71. The molecule has 1 unspecified atom stereocenters. The number of pyridine rings is 1. The maximum atomic E-state index is 12.8. The Bertz CT molecular complexity index is 521. The van der Waals surface area contributed by atoms with E-state index in [-0.39, 0.29) is 24.3 Å². The first-order valence-electron chi connectivity index (χ1n) is 7.04. The highest BCUT2D eigenvalue weighted by molar-refractivity contribution is 7.98. The predicted octanol–water partition coefficient (Wildman–Crippen LogP) is 2.36. The highest BCUT2D eigenvalue weighted by atomic mass is 32.2. The Kier molecular flexibility index (Phi) is 5.61. The van der Waals surface area contributed by atoms with Crippen LogP contribution in [-0.4, -0.2) is 47.7 Å². The van der Waals surface area contributed by atoms with E-state index in [1.807, 2.05) is 6.26 Å². The Morgan fingerprint density at radius 2 is 2.29 bits per heavy atom. The van der Waals surface area contributed by atoms with Crippen LogP contribution in [-0.2, 0) is 9.53 Å². The number of thioether (sulfide) groups is 1. The van der Waals surface area contributed by atoms with Crippen molar-refractivity contribution in [2.45, 2.75) is 36.8 Å². The van der Waals surface area contributed by atoms with Crippen molar-refractivity contribution in [3.8, 4) is 0 Å². The van der Waals surface area contributed by atoms with Crippen LogP contribution < -0.4 is 0 Å². The van der Waals surface area contributed by atoms with Gasteiger partial charge in [0.15, 0.2) is 0 Å². The molecule has 1 atom stereocenters. The summed E-state index contributed by atoms with van der Waals surface area (Å²) in [6.07, 6.45) is 6.70. The second kappa shape index (κ2) is 7.45. The molecular formula is C15H20N2O3S. The molecule has 0 spiro atoms. The Labute approximate surface area is 129 Å². The Morgan fingerprint density at radius 3 is 3.00 bits per heavy atom. The van der Waals surface area contributed by atoms with E-state index in [0.29, 0.717) is 12.1 Å². The van der Waals surface area contributed by atoms with Gasteiger partial charge in [-0.15, -0.1) is 11.8 Å². The third kappa shape index (κ3) is 3.75. The molecule has 0 aliphatic carbocycles. The minimum absolute atomic E-state index is 0.0407. The number of ether oxygens (including phenoxy) is 1. The van der Waals surface area contributed by atoms with Crippen LogP contribution in [0.5, 0.6) is 0 Å². The van der Waals surface area contributed by atoms with Gasteiger partial charge in [0, 0.05) is 18.8 Å². The number of likely N-dealkylation sites (tertiary alicyclic amines) is 1. The number of nitrogens with zero attached hydrogens (tertiary/aromatic N) is 2. The van der Waals surface area contributed by atoms with Gasteiger partial charge in [-0.3, -0.25) is 9.59 Å². The number of rotatable bonds is 4. The fraction of sp³-hybridized carbons (Fsp3) is 0.533. The molecule has 1 aromatic heterocycles. The minimum atomic E-state index is -0.268. The first kappa shape index (κ1) is 15.8. The molecule has 1 amide bonds. The number of methoxy groups -OCH3 is 1. The fourth-order valence-corrected chi connectivity index (χ4v) is 3.17. The smallest absolute Gasteiger partial charge is 0.307 e. The molecule has 2 rings (SSSR count). The Hall–Kier alpha value is -1.56. The molecule has 1 aliphatic heterocycles. The van der Waals surface area contributed by atoms with Crippen molar-refractivity contribution in [1.82, 2.24) is 9.88 Å². The van der Waals surface area contributed by atoms with E-state index in [0.717, 1.165) is 24.3 Å². The van der Waals surface area contributed by atoms with Gasteiger partial charge in [0.25, 0.3) is 5.91 Å². The van der Waals surface area contributed by atoms with E-state index in [1.54, 1.807) is 23.2 Å². The molecule has 21 heavy (non-hydrogen) atoms. The largest absolute Gasteiger partial charge is 0.469 e. The lowest BCUT2D eigenvalue weighted by Gasteiger charge is -2.35. The summed E-state index contributed by atoms with van der Waals surface area (Å²) in [5.74, 6) is -0.308. The van der Waals surface area contributed by atoms with Gasteiger partial charge < -0.3 is 9.64 Å². The van der Waals surface area contributed by atoms with Crippen molar-refractivity contribution in [3.05, 3.63) is 23.9 Å². The number of hydrogen-bond acceptors (Lipinski definition) is 5. The second-order valence-electron chi connectivity index (χ2n) is 4.99. The first-order chi connectivity index (χ1) is 10.2. The lowest BCUT2D eigenvalue weighted by Crippen LogP contribution is -2.45. The van der Waals surface area contributed by atoms with Crippen molar-refractivity contribution >= 4 is 23.6 Å². The van der Waals surface area contributed by atoms with Crippen LogP contribution in [0, 0.1) is 0 Å². The summed E-state index contributed by atoms with van der Waals surface area (Å²) in [4.78, 5) is 30.4. The molecular weight excluding hydrogens is 288 g/mol. The molecule has 0 bridgehead atoms. The molecule has 1 aliphatic rings. The van der Waals surface area contributed by atoms with Crippen LogP contribution in [0.2, 0.25) is 0 Å². The molecule has 6 heteroatoms. The van der Waals surface area contributed by atoms with E-state index in [4.69, 9.17) is 4.74 Å². The number of aromatic nitrogens is 1. The van der Waals surface area contributed by atoms with E-state index >= 15 is 0 Å². The highest BCUT2D eigenvalue weighted by Gasteiger charge is 2.30. The Balaban J connectivity index is 2.20. The van der Waals surface area contributed by atoms with Crippen molar-refractivity contribution in [3.63, 3.8) is 0 Å². The van der Waals surface area contributed by atoms with Gasteiger partial charge in [0.05, 0.1) is 19.1 Å². The van der Waals surface area contributed by atoms with Crippen molar-refractivity contribution in [2.24, 2.45) is 0 Å². The zero-order valence-corrected chi connectivity index (χ0v) is 13.2. The van der Waals surface area contributed by atoms with Gasteiger partial charge in [-0.05, 0) is 37.7 Å². The van der Waals surface area contributed by atoms with Gasteiger partial charge in [-0.25, -0.2) is 4.98 Å². The summed E-state index contributed by atoms with van der Waals surface area (Å²) < 4.78 is 4.74. The number of esters is 1. The summed E-state index contributed by atoms with van der Waals surface area (Å²) >= 11 is 1.46. The summed E-state index contributed by atoms with van der Waals surface area (Å²) in [5, 5.41) is 0.727. The maximum absolute atomic E-state index is 12.8. The number of hydrogen-bond donors (Lipinski definition) is 0. The van der Waals surface area contributed by atoms with Crippen LogP contribution in [0.4, 0.5) is 0 Å². The summed E-state index contributed by atoms with van der Waals surface area (Å²) in [5.41, 5.74) is 0.613. The van der Waals surface area contributed by atoms with Gasteiger partial charge in [-0.1, -0.05) is 0 Å². The topological polar surface area (TPSA) is 59.5 Å². The number of carbonyl (C=O) groups is 2. The lowest BCUT2D eigenvalue weighted by molar-refractivity contribution is -0.142. The monoisotopic (exact) mass is 308 g/mol. The SMILES string of the molecule is COC(=O)CC1CCCCN1C(=O)c1cccnc1SC. The fourth-order valence-electron chi connectivity index (χ4n) is 2.63. The van der Waals surface area contributed by atoms with Crippen molar-refractivity contribution < 1.29 is 14.3 Å². The zero-order chi connectivity index (χ0) is 15.2. The van der Waals surface area contributed by atoms with Gasteiger partial charge in [0.1, 0.15) is 5.03 Å². The summed E-state index contributed by atoms with van der Waals surface area (Å²) in [7, 11) is 1.38. The molecule has 1 aromatic rings. The predicted molar refractivity (Wildman–Crippen MR) is 81.3 cm³/mol. The van der Waals surface area contributed by atoms with Gasteiger partial charge in [-0.2, -0.15) is 0 Å². The van der Waals surface area contributed by atoms with E-state index in [9.17, 15) is 9.59 Å². The second-order valence-corrected chi connectivity index (χ2v) is 5.78. The lowest BCUT2D eigenvalue weighted by atomic mass is 9.98. The quantitative estimate of drug-likeness (QED) is 0.631. The Morgan fingerprint density at radius 1 is 1.48 bits per heavy atom.